The molecule has 0 aliphatic carbocycles. The molecule has 2 amide bonds. The van der Waals surface area contributed by atoms with E-state index in [1.54, 1.807) is 16.2 Å². The third-order valence-corrected chi connectivity index (χ3v) is 6.16. The van der Waals surface area contributed by atoms with Gasteiger partial charge in [-0.2, -0.15) is 0 Å². The zero-order valence-electron chi connectivity index (χ0n) is 13.6. The number of aryl methyl sites for hydroxylation is 1. The Hall–Kier alpha value is -1.66. The number of carbonyl (C=O) groups is 2. The molecule has 1 N–H and O–H groups in total. The van der Waals surface area contributed by atoms with Crippen molar-refractivity contribution in [1.82, 2.24) is 10.2 Å². The van der Waals surface area contributed by atoms with E-state index in [0.29, 0.717) is 13.1 Å². The number of amides is 2. The SMILES string of the molecule is Cc1ccc(C(C)C(=O)N2CCNC(=O)C2c2ccccc2Br)s1. The second-order valence-electron chi connectivity index (χ2n) is 5.92. The highest BCUT2D eigenvalue weighted by Gasteiger charge is 2.37. The Balaban J connectivity index is 1.93. The molecule has 0 radical (unpaired) electrons. The molecule has 1 fully saturated rings. The summed E-state index contributed by atoms with van der Waals surface area (Å²) in [4.78, 5) is 29.5. The van der Waals surface area contributed by atoms with Gasteiger partial charge in [0.2, 0.25) is 11.8 Å². The highest BCUT2D eigenvalue weighted by atomic mass is 79.9. The van der Waals surface area contributed by atoms with Crippen LogP contribution in [-0.2, 0) is 9.59 Å². The van der Waals surface area contributed by atoms with E-state index in [9.17, 15) is 9.59 Å². The van der Waals surface area contributed by atoms with Crippen LogP contribution in [0.4, 0.5) is 0 Å². The third-order valence-electron chi connectivity index (χ3n) is 4.25. The van der Waals surface area contributed by atoms with Gasteiger partial charge in [0.25, 0.3) is 0 Å². The summed E-state index contributed by atoms with van der Waals surface area (Å²) in [5.41, 5.74) is 0.817. The van der Waals surface area contributed by atoms with Gasteiger partial charge in [-0.1, -0.05) is 34.1 Å². The number of hydrogen-bond donors (Lipinski definition) is 1. The Labute approximate surface area is 154 Å². The van der Waals surface area contributed by atoms with Crippen LogP contribution in [0.1, 0.15) is 34.2 Å². The van der Waals surface area contributed by atoms with E-state index < -0.39 is 6.04 Å². The molecule has 4 nitrogen and oxygen atoms in total. The van der Waals surface area contributed by atoms with Crippen LogP contribution in [0, 0.1) is 6.92 Å². The minimum Gasteiger partial charge on any atom is -0.352 e. The second-order valence-corrected chi connectivity index (χ2v) is 8.09. The number of carbonyl (C=O) groups excluding carboxylic acids is 2. The fraction of sp³-hybridized carbons (Fsp3) is 0.333. The van der Waals surface area contributed by atoms with Gasteiger partial charge in [0.15, 0.2) is 0 Å². The maximum absolute atomic E-state index is 13.1. The van der Waals surface area contributed by atoms with Gasteiger partial charge in [0.1, 0.15) is 6.04 Å². The summed E-state index contributed by atoms with van der Waals surface area (Å²) in [6, 6.07) is 11.0. The van der Waals surface area contributed by atoms with Gasteiger partial charge in [-0.3, -0.25) is 9.59 Å². The average Bonchev–Trinajstić information content (AvgIpc) is 3.00. The lowest BCUT2D eigenvalue weighted by Crippen LogP contribution is -2.53. The van der Waals surface area contributed by atoms with Gasteiger partial charge in [-0.15, -0.1) is 11.3 Å². The summed E-state index contributed by atoms with van der Waals surface area (Å²) in [7, 11) is 0. The minimum atomic E-state index is -0.592. The Morgan fingerprint density at radius 2 is 2.08 bits per heavy atom. The van der Waals surface area contributed by atoms with Crippen molar-refractivity contribution in [2.75, 3.05) is 13.1 Å². The molecule has 1 aliphatic heterocycles. The maximum Gasteiger partial charge on any atom is 0.247 e. The van der Waals surface area contributed by atoms with Crippen molar-refractivity contribution < 1.29 is 9.59 Å². The quantitative estimate of drug-likeness (QED) is 0.845. The van der Waals surface area contributed by atoms with E-state index in [4.69, 9.17) is 0 Å². The molecule has 1 aromatic carbocycles. The van der Waals surface area contributed by atoms with Crippen LogP contribution in [0.25, 0.3) is 0 Å². The van der Waals surface area contributed by atoms with Crippen LogP contribution in [-0.4, -0.2) is 29.8 Å². The molecule has 1 saturated heterocycles. The second kappa shape index (κ2) is 7.07. The van der Waals surface area contributed by atoms with E-state index in [1.807, 2.05) is 50.2 Å². The lowest BCUT2D eigenvalue weighted by molar-refractivity contribution is -0.144. The predicted molar refractivity (Wildman–Crippen MR) is 99.1 cm³/mol. The highest BCUT2D eigenvalue weighted by molar-refractivity contribution is 9.10. The molecule has 0 bridgehead atoms. The molecule has 3 rings (SSSR count). The van der Waals surface area contributed by atoms with Gasteiger partial charge >= 0.3 is 0 Å². The van der Waals surface area contributed by atoms with Crippen LogP contribution in [0.2, 0.25) is 0 Å². The Bertz CT molecular complexity index is 774. The maximum atomic E-state index is 13.1. The monoisotopic (exact) mass is 406 g/mol. The van der Waals surface area contributed by atoms with Crippen LogP contribution < -0.4 is 5.32 Å². The fourth-order valence-corrected chi connectivity index (χ4v) is 4.39. The zero-order valence-corrected chi connectivity index (χ0v) is 16.0. The van der Waals surface area contributed by atoms with Crippen molar-refractivity contribution in [2.45, 2.75) is 25.8 Å². The number of piperazine rings is 1. The number of benzene rings is 1. The standard InChI is InChI=1S/C18H19BrN2O2S/c1-11-7-8-15(24-11)12(2)18(23)21-10-9-20-17(22)16(21)13-5-3-4-6-14(13)19/h3-8,12,16H,9-10H2,1-2H3,(H,20,22). The molecular weight excluding hydrogens is 388 g/mol. The van der Waals surface area contributed by atoms with Crippen molar-refractivity contribution in [3.63, 3.8) is 0 Å². The first-order chi connectivity index (χ1) is 11.5. The van der Waals surface area contributed by atoms with Crippen molar-refractivity contribution in [2.24, 2.45) is 0 Å². The summed E-state index contributed by atoms with van der Waals surface area (Å²) in [5.74, 6) is -0.386. The Morgan fingerprint density at radius 1 is 1.33 bits per heavy atom. The molecule has 1 aromatic heterocycles. The lowest BCUT2D eigenvalue weighted by Gasteiger charge is -2.37. The van der Waals surface area contributed by atoms with E-state index in [2.05, 4.69) is 21.2 Å². The predicted octanol–water partition coefficient (Wildman–Crippen LogP) is 3.62. The van der Waals surface area contributed by atoms with E-state index >= 15 is 0 Å². The smallest absolute Gasteiger partial charge is 0.247 e. The Morgan fingerprint density at radius 3 is 2.75 bits per heavy atom. The van der Waals surface area contributed by atoms with Crippen molar-refractivity contribution in [1.29, 1.82) is 0 Å². The molecule has 24 heavy (non-hydrogen) atoms. The highest BCUT2D eigenvalue weighted by Crippen LogP contribution is 2.33. The fourth-order valence-electron chi connectivity index (χ4n) is 2.97. The molecule has 2 heterocycles. The van der Waals surface area contributed by atoms with Gasteiger partial charge < -0.3 is 10.2 Å². The largest absolute Gasteiger partial charge is 0.352 e. The molecule has 0 saturated carbocycles. The number of halogens is 1. The van der Waals surface area contributed by atoms with E-state index in [-0.39, 0.29) is 17.7 Å². The van der Waals surface area contributed by atoms with Crippen LogP contribution in [0.15, 0.2) is 40.9 Å². The summed E-state index contributed by atoms with van der Waals surface area (Å²) in [6.07, 6.45) is 0. The van der Waals surface area contributed by atoms with Crippen LogP contribution in [0.5, 0.6) is 0 Å². The molecule has 1 aliphatic rings. The van der Waals surface area contributed by atoms with Gasteiger partial charge in [-0.25, -0.2) is 0 Å². The first kappa shape index (κ1) is 17.2. The van der Waals surface area contributed by atoms with Crippen molar-refractivity contribution >= 4 is 39.1 Å². The molecule has 2 unspecified atom stereocenters. The molecular formula is C18H19BrN2O2S. The Kier molecular flexibility index (Phi) is 5.06. The lowest BCUT2D eigenvalue weighted by atomic mass is 9.99. The average molecular weight is 407 g/mol. The first-order valence-corrected chi connectivity index (χ1v) is 9.49. The number of rotatable bonds is 3. The molecule has 0 spiro atoms. The van der Waals surface area contributed by atoms with E-state index in [0.717, 1.165) is 14.9 Å². The zero-order chi connectivity index (χ0) is 17.3. The summed E-state index contributed by atoms with van der Waals surface area (Å²) < 4.78 is 0.837. The number of nitrogens with one attached hydrogen (secondary N) is 1. The number of hydrogen-bond acceptors (Lipinski definition) is 3. The number of thiophene rings is 1. The third kappa shape index (κ3) is 3.26. The number of nitrogens with zero attached hydrogens (tertiary/aromatic N) is 1. The topological polar surface area (TPSA) is 49.4 Å². The minimum absolute atomic E-state index is 0.00699. The van der Waals surface area contributed by atoms with Crippen LogP contribution >= 0.6 is 27.3 Å². The van der Waals surface area contributed by atoms with Gasteiger partial charge in [-0.05, 0) is 37.6 Å². The first-order valence-electron chi connectivity index (χ1n) is 7.88. The summed E-state index contributed by atoms with van der Waals surface area (Å²) in [5, 5.41) is 2.87. The normalized spacial score (nSPS) is 19.0. The van der Waals surface area contributed by atoms with Crippen molar-refractivity contribution in [3.05, 3.63) is 56.2 Å². The molecule has 126 valence electrons. The van der Waals surface area contributed by atoms with Gasteiger partial charge in [0, 0.05) is 27.3 Å². The van der Waals surface area contributed by atoms with Crippen molar-refractivity contribution in [3.8, 4) is 0 Å². The van der Waals surface area contributed by atoms with Gasteiger partial charge in [0.05, 0.1) is 5.92 Å². The summed E-state index contributed by atoms with van der Waals surface area (Å²) in [6.45, 7) is 4.95. The van der Waals surface area contributed by atoms with E-state index in [1.165, 1.54) is 4.88 Å². The molecule has 2 atom stereocenters. The summed E-state index contributed by atoms with van der Waals surface area (Å²) >= 11 is 5.14. The molecule has 2 aromatic rings. The molecule has 6 heteroatoms. The van der Waals surface area contributed by atoms with Crippen LogP contribution in [0.3, 0.4) is 0 Å².